The van der Waals surface area contributed by atoms with E-state index in [2.05, 4.69) is 20.9 Å². The zero-order chi connectivity index (χ0) is 15.8. The molecule has 1 amide bonds. The zero-order valence-corrected chi connectivity index (χ0v) is 12.9. The molecule has 0 bridgehead atoms. The van der Waals surface area contributed by atoms with Crippen LogP contribution in [-0.2, 0) is 11.3 Å². The minimum absolute atomic E-state index is 0.0709. The molecule has 0 atom stereocenters. The van der Waals surface area contributed by atoms with Crippen molar-refractivity contribution in [2.45, 2.75) is 6.54 Å². The van der Waals surface area contributed by atoms with Gasteiger partial charge in [0.1, 0.15) is 5.82 Å². The second-order valence-corrected chi connectivity index (χ2v) is 5.45. The maximum absolute atomic E-state index is 12.8. The van der Waals surface area contributed by atoms with Crippen LogP contribution in [0.1, 0.15) is 4.88 Å². The molecule has 0 unspecified atom stereocenters. The molecule has 22 heavy (non-hydrogen) atoms. The summed E-state index contributed by atoms with van der Waals surface area (Å²) in [4.78, 5) is 17.0. The lowest BCUT2D eigenvalue weighted by Gasteiger charge is -2.11. The summed E-state index contributed by atoms with van der Waals surface area (Å²) in [5.41, 5.74) is 0.551. The lowest BCUT2D eigenvalue weighted by atomic mass is 10.3. The van der Waals surface area contributed by atoms with Gasteiger partial charge in [-0.2, -0.15) is 0 Å². The molecule has 0 aliphatic rings. The van der Waals surface area contributed by atoms with Crippen molar-refractivity contribution in [1.29, 1.82) is 0 Å². The Hall–Kier alpha value is -2.41. The average Bonchev–Trinajstić information content (AvgIpc) is 3.03. The SMILES string of the molecule is CN=C(NCC(=O)Nc1ccc(F)cc1)NCc1cccs1. The predicted octanol–water partition coefficient (Wildman–Crippen LogP) is 2.19. The minimum atomic E-state index is -0.339. The number of carbonyl (C=O) groups is 1. The Labute approximate surface area is 132 Å². The number of rotatable bonds is 5. The van der Waals surface area contributed by atoms with Crippen molar-refractivity contribution in [2.24, 2.45) is 4.99 Å². The highest BCUT2D eigenvalue weighted by Crippen LogP contribution is 2.08. The van der Waals surface area contributed by atoms with Gasteiger partial charge in [-0.25, -0.2) is 4.39 Å². The van der Waals surface area contributed by atoms with Gasteiger partial charge in [0.2, 0.25) is 5.91 Å². The molecule has 7 heteroatoms. The van der Waals surface area contributed by atoms with Gasteiger partial charge in [-0.05, 0) is 35.7 Å². The van der Waals surface area contributed by atoms with Crippen molar-refractivity contribution in [1.82, 2.24) is 10.6 Å². The number of amides is 1. The summed E-state index contributed by atoms with van der Waals surface area (Å²) < 4.78 is 12.8. The summed E-state index contributed by atoms with van der Waals surface area (Å²) >= 11 is 1.65. The Balaban J connectivity index is 1.75. The third-order valence-electron chi connectivity index (χ3n) is 2.78. The molecule has 1 aromatic heterocycles. The van der Waals surface area contributed by atoms with Crippen molar-refractivity contribution < 1.29 is 9.18 Å². The fourth-order valence-electron chi connectivity index (χ4n) is 1.71. The third-order valence-corrected chi connectivity index (χ3v) is 3.65. The first-order chi connectivity index (χ1) is 10.7. The van der Waals surface area contributed by atoms with E-state index in [1.54, 1.807) is 18.4 Å². The predicted molar refractivity (Wildman–Crippen MR) is 87.6 cm³/mol. The largest absolute Gasteiger partial charge is 0.352 e. The topological polar surface area (TPSA) is 65.5 Å². The van der Waals surface area contributed by atoms with Crippen molar-refractivity contribution >= 4 is 28.9 Å². The van der Waals surface area contributed by atoms with Gasteiger partial charge in [-0.15, -0.1) is 11.3 Å². The van der Waals surface area contributed by atoms with E-state index in [4.69, 9.17) is 0 Å². The van der Waals surface area contributed by atoms with Gasteiger partial charge in [-0.3, -0.25) is 9.79 Å². The average molecular weight is 320 g/mol. The van der Waals surface area contributed by atoms with Crippen LogP contribution in [0.5, 0.6) is 0 Å². The van der Waals surface area contributed by atoms with Crippen molar-refractivity contribution in [3.63, 3.8) is 0 Å². The maximum atomic E-state index is 12.8. The summed E-state index contributed by atoms with van der Waals surface area (Å²) in [5, 5.41) is 10.7. The Kier molecular flexibility index (Phi) is 5.91. The summed E-state index contributed by atoms with van der Waals surface area (Å²) in [6, 6.07) is 9.61. The highest BCUT2D eigenvalue weighted by atomic mass is 32.1. The van der Waals surface area contributed by atoms with Gasteiger partial charge in [0.25, 0.3) is 0 Å². The lowest BCUT2D eigenvalue weighted by molar-refractivity contribution is -0.115. The number of anilines is 1. The first-order valence-electron chi connectivity index (χ1n) is 6.69. The molecule has 1 aromatic carbocycles. The van der Waals surface area contributed by atoms with Crippen molar-refractivity contribution in [3.05, 3.63) is 52.5 Å². The summed E-state index contributed by atoms with van der Waals surface area (Å²) in [5.74, 6) is -0.0253. The van der Waals surface area contributed by atoms with Crippen LogP contribution < -0.4 is 16.0 Å². The highest BCUT2D eigenvalue weighted by molar-refractivity contribution is 7.09. The van der Waals surface area contributed by atoms with E-state index in [0.717, 1.165) is 0 Å². The second-order valence-electron chi connectivity index (χ2n) is 4.41. The Bertz CT molecular complexity index is 626. The summed E-state index contributed by atoms with van der Waals surface area (Å²) in [6.07, 6.45) is 0. The molecule has 0 saturated heterocycles. The van der Waals surface area contributed by atoms with Crippen molar-refractivity contribution in [3.8, 4) is 0 Å². The smallest absolute Gasteiger partial charge is 0.243 e. The van der Waals surface area contributed by atoms with E-state index >= 15 is 0 Å². The summed E-state index contributed by atoms with van der Waals surface area (Å²) in [7, 11) is 1.64. The molecule has 5 nitrogen and oxygen atoms in total. The van der Waals surface area contributed by atoms with Crippen LogP contribution >= 0.6 is 11.3 Å². The molecular formula is C15H17FN4OS. The Morgan fingerprint density at radius 3 is 2.64 bits per heavy atom. The monoisotopic (exact) mass is 320 g/mol. The van der Waals surface area contributed by atoms with Gasteiger partial charge < -0.3 is 16.0 Å². The Morgan fingerprint density at radius 2 is 2.00 bits per heavy atom. The lowest BCUT2D eigenvalue weighted by Crippen LogP contribution is -2.40. The number of nitrogens with zero attached hydrogens (tertiary/aromatic N) is 1. The Morgan fingerprint density at radius 1 is 1.23 bits per heavy atom. The second kappa shape index (κ2) is 8.14. The normalized spacial score (nSPS) is 11.1. The molecule has 2 rings (SSSR count). The molecule has 0 aliphatic heterocycles. The number of nitrogens with one attached hydrogen (secondary N) is 3. The van der Waals surface area contributed by atoms with Gasteiger partial charge in [0.15, 0.2) is 5.96 Å². The number of halogens is 1. The van der Waals surface area contributed by atoms with E-state index in [0.29, 0.717) is 18.2 Å². The summed E-state index contributed by atoms with van der Waals surface area (Å²) in [6.45, 7) is 0.721. The first-order valence-corrected chi connectivity index (χ1v) is 7.57. The number of guanidine groups is 1. The number of carbonyl (C=O) groups excluding carboxylic acids is 1. The third kappa shape index (κ3) is 5.17. The number of aliphatic imine (C=N–C) groups is 1. The number of hydrogen-bond acceptors (Lipinski definition) is 3. The first kappa shape index (κ1) is 16.0. The van der Waals surface area contributed by atoms with Crippen LogP contribution in [-0.4, -0.2) is 25.5 Å². The van der Waals surface area contributed by atoms with E-state index in [-0.39, 0.29) is 18.3 Å². The molecule has 0 radical (unpaired) electrons. The standard InChI is InChI=1S/C15H17FN4OS/c1-17-15(18-9-13-3-2-8-22-13)19-10-14(21)20-12-6-4-11(16)5-7-12/h2-8H,9-10H2,1H3,(H,20,21)(H2,17,18,19). The van der Waals surface area contributed by atoms with Crippen LogP contribution in [0.3, 0.4) is 0 Å². The molecular weight excluding hydrogens is 303 g/mol. The van der Waals surface area contributed by atoms with Gasteiger partial charge >= 0.3 is 0 Å². The van der Waals surface area contributed by atoms with Crippen LogP contribution in [0.25, 0.3) is 0 Å². The van der Waals surface area contributed by atoms with Crippen LogP contribution in [0.15, 0.2) is 46.8 Å². The van der Waals surface area contributed by atoms with Gasteiger partial charge in [0, 0.05) is 17.6 Å². The van der Waals surface area contributed by atoms with E-state index in [9.17, 15) is 9.18 Å². The van der Waals surface area contributed by atoms with Crippen molar-refractivity contribution in [2.75, 3.05) is 18.9 Å². The van der Waals surface area contributed by atoms with Gasteiger partial charge in [0.05, 0.1) is 13.1 Å². The molecule has 116 valence electrons. The molecule has 2 aromatic rings. The fourth-order valence-corrected chi connectivity index (χ4v) is 2.35. The number of thiophene rings is 1. The minimum Gasteiger partial charge on any atom is -0.352 e. The van der Waals surface area contributed by atoms with E-state index < -0.39 is 0 Å². The van der Waals surface area contributed by atoms with Crippen LogP contribution in [0.4, 0.5) is 10.1 Å². The molecule has 0 spiro atoms. The number of benzene rings is 1. The zero-order valence-electron chi connectivity index (χ0n) is 12.1. The molecule has 0 fully saturated rings. The van der Waals surface area contributed by atoms with Gasteiger partial charge in [-0.1, -0.05) is 6.07 Å². The van der Waals surface area contributed by atoms with E-state index in [1.807, 2.05) is 17.5 Å². The van der Waals surface area contributed by atoms with Crippen LogP contribution in [0.2, 0.25) is 0 Å². The molecule has 1 heterocycles. The quantitative estimate of drug-likeness (QED) is 0.584. The maximum Gasteiger partial charge on any atom is 0.243 e. The molecule has 3 N–H and O–H groups in total. The molecule has 0 saturated carbocycles. The molecule has 0 aliphatic carbocycles. The highest BCUT2D eigenvalue weighted by Gasteiger charge is 2.04. The van der Waals surface area contributed by atoms with E-state index in [1.165, 1.54) is 29.1 Å². The van der Waals surface area contributed by atoms with Crippen LogP contribution in [0, 0.1) is 5.82 Å². The number of hydrogen-bond donors (Lipinski definition) is 3. The fraction of sp³-hybridized carbons (Fsp3) is 0.200.